The molecule has 0 spiro atoms. The summed E-state index contributed by atoms with van der Waals surface area (Å²) in [5, 5.41) is 2.43. The van der Waals surface area contributed by atoms with Gasteiger partial charge in [0.1, 0.15) is 4.83 Å². The third-order valence-corrected chi connectivity index (χ3v) is 2.59. The topological polar surface area (TPSA) is 60.9 Å². The summed E-state index contributed by atoms with van der Waals surface area (Å²) in [6, 6.07) is 1.69. The van der Waals surface area contributed by atoms with Crippen LogP contribution in [0.4, 0.5) is 0 Å². The van der Waals surface area contributed by atoms with Gasteiger partial charge in [0.25, 0.3) is 5.56 Å². The van der Waals surface area contributed by atoms with Gasteiger partial charge in [0.2, 0.25) is 0 Å². The second-order valence-corrected chi connectivity index (χ2v) is 3.47. The molecular formula is C6H4KN3OS2. The van der Waals surface area contributed by atoms with E-state index in [4.69, 9.17) is 18.5 Å². The first-order valence-corrected chi connectivity index (χ1v) is 4.41. The monoisotopic (exact) mass is 237 g/mol. The summed E-state index contributed by atoms with van der Waals surface area (Å²) in [6.07, 6.45) is 0. The van der Waals surface area contributed by atoms with Crippen LogP contribution in [0.3, 0.4) is 0 Å². The molecule has 0 saturated carbocycles. The Morgan fingerprint density at radius 3 is 3.00 bits per heavy atom. The van der Waals surface area contributed by atoms with Gasteiger partial charge in [-0.1, -0.05) is 0 Å². The zero-order valence-corrected chi connectivity index (χ0v) is 11.6. The summed E-state index contributed by atoms with van der Waals surface area (Å²) >= 11 is 6.15. The third-order valence-electron chi connectivity index (χ3n) is 1.50. The third kappa shape index (κ3) is 1.96. The van der Waals surface area contributed by atoms with Gasteiger partial charge in [0, 0.05) is 5.16 Å². The molecule has 0 aromatic carbocycles. The fourth-order valence-electron chi connectivity index (χ4n) is 0.908. The Morgan fingerprint density at radius 2 is 2.31 bits per heavy atom. The molecule has 2 aromatic rings. The maximum absolute atomic E-state index is 11.3. The number of hydrogen-bond acceptors (Lipinski definition) is 5. The van der Waals surface area contributed by atoms with Crippen molar-refractivity contribution in [3.05, 3.63) is 21.8 Å². The van der Waals surface area contributed by atoms with Crippen LogP contribution in [0, 0.1) is 0 Å². The normalized spacial score (nSPS) is 9.85. The van der Waals surface area contributed by atoms with Crippen molar-refractivity contribution in [3.63, 3.8) is 0 Å². The van der Waals surface area contributed by atoms with E-state index < -0.39 is 0 Å². The number of thiophene rings is 1. The molecule has 13 heavy (non-hydrogen) atoms. The molecular weight excluding hydrogens is 233 g/mol. The van der Waals surface area contributed by atoms with Gasteiger partial charge < -0.3 is 18.5 Å². The molecule has 0 unspecified atom stereocenters. The molecule has 0 amide bonds. The second kappa shape index (κ2) is 4.35. The summed E-state index contributed by atoms with van der Waals surface area (Å²) in [5.74, 6) is 5.35. The molecule has 0 atom stereocenters. The Bertz CT molecular complexity index is 492. The van der Waals surface area contributed by atoms with Crippen LogP contribution in [-0.2, 0) is 12.6 Å². The van der Waals surface area contributed by atoms with Crippen molar-refractivity contribution in [2.24, 2.45) is 0 Å². The van der Waals surface area contributed by atoms with E-state index in [1.807, 2.05) is 0 Å². The molecule has 0 fully saturated rings. The van der Waals surface area contributed by atoms with E-state index >= 15 is 0 Å². The van der Waals surface area contributed by atoms with Crippen molar-refractivity contribution in [2.75, 3.05) is 5.84 Å². The summed E-state index contributed by atoms with van der Waals surface area (Å²) < 4.78 is 0.879. The molecule has 0 bridgehead atoms. The molecule has 0 aliphatic carbocycles. The zero-order chi connectivity index (χ0) is 8.72. The molecule has 0 aliphatic rings. The van der Waals surface area contributed by atoms with Gasteiger partial charge in [-0.3, -0.25) is 4.79 Å². The molecule has 0 radical (unpaired) electrons. The minimum Gasteiger partial charge on any atom is -0.740 e. The average Bonchev–Trinajstić information content (AvgIpc) is 2.48. The Hall–Kier alpha value is 0.496. The molecule has 0 saturated heterocycles. The largest absolute Gasteiger partial charge is 1.00 e. The predicted octanol–water partition coefficient (Wildman–Crippen LogP) is -2.92. The summed E-state index contributed by atoms with van der Waals surface area (Å²) in [7, 11) is 0. The standard InChI is InChI=1S/C6H5N3OS2.K/c7-9-5(10)3-1-2-12-4(3)8-6(9)11;/h1-2H,7H2,(H,8,11);/q;+1/p-1. The van der Waals surface area contributed by atoms with Crippen LogP contribution in [-0.4, -0.2) is 9.66 Å². The minimum absolute atomic E-state index is 0. The van der Waals surface area contributed by atoms with E-state index in [1.54, 1.807) is 11.4 Å². The molecule has 2 aromatic heterocycles. The number of hydrogen-bond donors (Lipinski definition) is 1. The van der Waals surface area contributed by atoms with Crippen molar-refractivity contribution in [1.82, 2.24) is 9.66 Å². The van der Waals surface area contributed by atoms with E-state index in [-0.39, 0.29) is 62.1 Å². The van der Waals surface area contributed by atoms with E-state index in [0.717, 1.165) is 4.68 Å². The van der Waals surface area contributed by atoms with Crippen molar-refractivity contribution in [3.8, 4) is 0 Å². The first-order chi connectivity index (χ1) is 5.70. The summed E-state index contributed by atoms with van der Waals surface area (Å²) in [5.41, 5.74) is -0.286. The number of nitrogen functional groups attached to an aromatic ring is 1. The van der Waals surface area contributed by atoms with Crippen molar-refractivity contribution in [1.29, 1.82) is 0 Å². The van der Waals surface area contributed by atoms with Gasteiger partial charge in [-0.2, -0.15) is 0 Å². The van der Waals surface area contributed by atoms with Crippen molar-refractivity contribution < 1.29 is 51.4 Å². The van der Waals surface area contributed by atoms with E-state index in [1.165, 1.54) is 11.3 Å². The van der Waals surface area contributed by atoms with Crippen LogP contribution in [0.1, 0.15) is 0 Å². The van der Waals surface area contributed by atoms with E-state index in [9.17, 15) is 4.79 Å². The quantitative estimate of drug-likeness (QED) is 0.231. The predicted molar refractivity (Wildman–Crippen MR) is 49.7 cm³/mol. The van der Waals surface area contributed by atoms with Gasteiger partial charge in [-0.25, -0.2) is 9.66 Å². The van der Waals surface area contributed by atoms with Crippen LogP contribution in [0.25, 0.3) is 10.2 Å². The summed E-state index contributed by atoms with van der Waals surface area (Å²) in [6.45, 7) is 0. The molecule has 2 N–H and O–H groups in total. The number of nitrogens with zero attached hydrogens (tertiary/aromatic N) is 2. The van der Waals surface area contributed by atoms with Crippen LogP contribution < -0.4 is 62.8 Å². The first-order valence-electron chi connectivity index (χ1n) is 3.12. The Balaban J connectivity index is 0.000000845. The number of aromatic nitrogens is 2. The average molecular weight is 237 g/mol. The van der Waals surface area contributed by atoms with E-state index in [2.05, 4.69) is 4.98 Å². The Labute approximate surface area is 126 Å². The fourth-order valence-corrected chi connectivity index (χ4v) is 1.89. The first kappa shape index (κ1) is 11.6. The van der Waals surface area contributed by atoms with Gasteiger partial charge in [0.15, 0.2) is 0 Å². The Morgan fingerprint density at radius 1 is 1.62 bits per heavy atom. The van der Waals surface area contributed by atoms with Crippen LogP contribution in [0.2, 0.25) is 0 Å². The minimum atomic E-state index is -0.286. The SMILES string of the molecule is Nn1c([S-])nc2sccc2c1=O.[K+]. The van der Waals surface area contributed by atoms with Gasteiger partial charge >= 0.3 is 51.4 Å². The van der Waals surface area contributed by atoms with Crippen LogP contribution >= 0.6 is 11.3 Å². The second-order valence-electron chi connectivity index (χ2n) is 2.21. The number of fused-ring (bicyclic) bond motifs is 1. The van der Waals surface area contributed by atoms with E-state index in [0.29, 0.717) is 10.2 Å². The van der Waals surface area contributed by atoms with Crippen LogP contribution in [0.5, 0.6) is 0 Å². The van der Waals surface area contributed by atoms with Gasteiger partial charge in [0.05, 0.1) is 5.39 Å². The van der Waals surface area contributed by atoms with Gasteiger partial charge in [-0.05, 0) is 11.4 Å². The maximum atomic E-state index is 11.3. The number of nitrogens with two attached hydrogens (primary N) is 1. The zero-order valence-electron chi connectivity index (χ0n) is 6.85. The number of rotatable bonds is 0. The molecule has 2 rings (SSSR count). The molecule has 0 aliphatic heterocycles. The van der Waals surface area contributed by atoms with Crippen LogP contribution in [0.15, 0.2) is 21.4 Å². The molecule has 4 nitrogen and oxygen atoms in total. The van der Waals surface area contributed by atoms with Gasteiger partial charge in [-0.15, -0.1) is 11.3 Å². The van der Waals surface area contributed by atoms with Crippen molar-refractivity contribution >= 4 is 34.2 Å². The Kier molecular flexibility index (Phi) is 3.87. The fraction of sp³-hybridized carbons (Fsp3) is 0. The maximum Gasteiger partial charge on any atom is 1.00 e. The smallest absolute Gasteiger partial charge is 0.740 e. The van der Waals surface area contributed by atoms with Crippen molar-refractivity contribution in [2.45, 2.75) is 5.16 Å². The molecule has 7 heteroatoms. The summed E-state index contributed by atoms with van der Waals surface area (Å²) in [4.78, 5) is 16.0. The molecule has 2 heterocycles. The molecule has 62 valence electrons.